The third-order valence-electron chi connectivity index (χ3n) is 3.08. The van der Waals surface area contributed by atoms with Crippen LogP contribution in [0.5, 0.6) is 0 Å². The van der Waals surface area contributed by atoms with Gasteiger partial charge in [-0.05, 0) is 24.6 Å². The van der Waals surface area contributed by atoms with Gasteiger partial charge in [0.25, 0.3) is 0 Å². The Morgan fingerprint density at radius 2 is 2.10 bits per heavy atom. The third kappa shape index (κ3) is 2.67. The van der Waals surface area contributed by atoms with Gasteiger partial charge in [-0.3, -0.25) is 15.3 Å². The largest absolute Gasteiger partial charge is 0.416 e. The first-order valence-corrected chi connectivity index (χ1v) is 6.08. The highest BCUT2D eigenvalue weighted by Gasteiger charge is 2.30. The fourth-order valence-electron chi connectivity index (χ4n) is 2.08. The molecule has 0 aliphatic carbocycles. The fraction of sp³-hybridized carbons (Fsp3) is 0.385. The van der Waals surface area contributed by atoms with Crippen LogP contribution in [0.1, 0.15) is 18.9 Å². The first kappa shape index (κ1) is 14.5. The van der Waals surface area contributed by atoms with Crippen molar-refractivity contribution < 1.29 is 18.4 Å². The molecule has 7 heteroatoms. The molecule has 0 bridgehead atoms. The molecular weight excluding hydrogens is 271 g/mol. The highest BCUT2D eigenvalue weighted by molar-refractivity contribution is 5.86. The minimum atomic E-state index is -4.43. The van der Waals surface area contributed by atoms with Crippen molar-refractivity contribution in [2.45, 2.75) is 19.5 Å². The second-order valence-electron chi connectivity index (χ2n) is 4.34. The molecule has 0 amide bonds. The van der Waals surface area contributed by atoms with Crippen LogP contribution in [0.15, 0.2) is 28.2 Å². The summed E-state index contributed by atoms with van der Waals surface area (Å²) in [6.07, 6.45) is -4.04. The first-order valence-electron chi connectivity index (χ1n) is 6.08. The van der Waals surface area contributed by atoms with E-state index in [1.54, 1.807) is 6.92 Å². The number of halogens is 3. The van der Waals surface area contributed by atoms with Crippen molar-refractivity contribution >= 4 is 11.5 Å². The Hall–Kier alpha value is -1.89. The zero-order chi connectivity index (χ0) is 14.9. The number of hydroxylamine groups is 2. The predicted octanol–water partition coefficient (Wildman–Crippen LogP) is 1.58. The van der Waals surface area contributed by atoms with E-state index in [9.17, 15) is 18.4 Å². The van der Waals surface area contributed by atoms with E-state index >= 15 is 0 Å². The van der Waals surface area contributed by atoms with Gasteiger partial charge in [0.15, 0.2) is 0 Å². The molecule has 1 heterocycles. The number of fused-ring (bicyclic) bond motifs is 1. The molecule has 0 radical (unpaired) electrons. The normalized spacial score (nSPS) is 17.8. The van der Waals surface area contributed by atoms with E-state index in [0.29, 0.717) is 23.3 Å². The Kier molecular flexibility index (Phi) is 3.80. The molecule has 108 valence electrons. The van der Waals surface area contributed by atoms with Gasteiger partial charge in [-0.25, -0.2) is 4.99 Å². The van der Waals surface area contributed by atoms with Crippen molar-refractivity contribution in [3.05, 3.63) is 34.3 Å². The van der Waals surface area contributed by atoms with Crippen LogP contribution in [0.4, 0.5) is 13.2 Å². The van der Waals surface area contributed by atoms with Gasteiger partial charge in [-0.15, -0.1) is 0 Å². The summed E-state index contributed by atoms with van der Waals surface area (Å²) in [5.41, 5.74) is -0.365. The Bertz CT molecular complexity index is 664. The van der Waals surface area contributed by atoms with Crippen molar-refractivity contribution in [2.75, 3.05) is 13.6 Å². The Labute approximate surface area is 113 Å². The molecule has 1 N–H and O–H groups in total. The molecule has 2 rings (SSSR count). The van der Waals surface area contributed by atoms with Crippen LogP contribution >= 0.6 is 0 Å². The lowest BCUT2D eigenvalue weighted by molar-refractivity contribution is -0.137. The number of rotatable bonds is 1. The second-order valence-corrected chi connectivity index (χ2v) is 4.34. The smallest absolute Gasteiger partial charge is 0.288 e. The highest BCUT2D eigenvalue weighted by atomic mass is 19.4. The van der Waals surface area contributed by atoms with Crippen LogP contribution in [0.2, 0.25) is 0 Å². The van der Waals surface area contributed by atoms with Crippen molar-refractivity contribution in [3.8, 4) is 0 Å². The maximum atomic E-state index is 12.8. The van der Waals surface area contributed by atoms with Gasteiger partial charge in [-0.2, -0.15) is 13.2 Å². The molecule has 0 saturated carbocycles. The molecule has 1 aliphatic rings. The van der Waals surface area contributed by atoms with Crippen LogP contribution in [-0.2, 0) is 6.18 Å². The topological polar surface area (TPSA) is 48.2 Å². The van der Waals surface area contributed by atoms with Crippen LogP contribution < -0.4 is 10.6 Å². The summed E-state index contributed by atoms with van der Waals surface area (Å²) in [5.74, 6) is 0.358. The van der Waals surface area contributed by atoms with E-state index < -0.39 is 11.7 Å². The lowest BCUT2D eigenvalue weighted by atomic mass is 10.1. The monoisotopic (exact) mass is 285 g/mol. The molecule has 20 heavy (non-hydrogen) atoms. The number of benzene rings is 1. The Morgan fingerprint density at radius 3 is 2.65 bits per heavy atom. The number of nitrogens with zero attached hydrogens (tertiary/aromatic N) is 3. The number of amidine groups is 1. The lowest BCUT2D eigenvalue weighted by Crippen LogP contribution is -2.32. The SMILES string of the molecule is CCC1=c2cc(C(F)(F)F)ccc2=NC(=NC)CN1O. The number of aliphatic imine (C=N–C) groups is 1. The zero-order valence-corrected chi connectivity index (χ0v) is 11.1. The van der Waals surface area contributed by atoms with Gasteiger partial charge in [0.2, 0.25) is 0 Å². The van der Waals surface area contributed by atoms with Crippen LogP contribution in [-0.4, -0.2) is 29.7 Å². The minimum Gasteiger partial charge on any atom is -0.288 e. The minimum absolute atomic E-state index is 0.0513. The summed E-state index contributed by atoms with van der Waals surface area (Å²) in [6, 6.07) is 3.30. The standard InChI is InChI=1S/C13H14F3N3O/c1-3-11-9-6-8(13(14,15)16)4-5-10(9)18-12(17-2)7-19(11)20/h4-6,20H,3,7H2,1-2H3. The molecule has 1 aromatic rings. The van der Waals surface area contributed by atoms with E-state index in [0.717, 1.165) is 17.2 Å². The maximum Gasteiger partial charge on any atom is 0.416 e. The van der Waals surface area contributed by atoms with Crippen molar-refractivity contribution in [1.82, 2.24) is 5.06 Å². The van der Waals surface area contributed by atoms with Gasteiger partial charge >= 0.3 is 6.18 Å². The molecule has 0 saturated heterocycles. The van der Waals surface area contributed by atoms with Gasteiger partial charge in [0.05, 0.1) is 16.6 Å². The fourth-order valence-corrected chi connectivity index (χ4v) is 2.08. The van der Waals surface area contributed by atoms with Gasteiger partial charge in [-0.1, -0.05) is 6.92 Å². The molecular formula is C13H14F3N3O. The Balaban J connectivity index is 2.82. The maximum absolute atomic E-state index is 12.8. The number of hydrogen-bond acceptors (Lipinski definition) is 3. The molecule has 0 spiro atoms. The zero-order valence-electron chi connectivity index (χ0n) is 11.1. The van der Waals surface area contributed by atoms with Crippen molar-refractivity contribution in [2.24, 2.45) is 9.98 Å². The van der Waals surface area contributed by atoms with Gasteiger partial charge in [0.1, 0.15) is 12.4 Å². The van der Waals surface area contributed by atoms with Gasteiger partial charge in [0, 0.05) is 12.3 Å². The lowest BCUT2D eigenvalue weighted by Gasteiger charge is -2.17. The molecule has 1 aliphatic heterocycles. The molecule has 0 fully saturated rings. The predicted molar refractivity (Wildman–Crippen MR) is 67.8 cm³/mol. The highest BCUT2D eigenvalue weighted by Crippen LogP contribution is 2.27. The number of alkyl halides is 3. The summed E-state index contributed by atoms with van der Waals surface area (Å²) in [7, 11) is 1.52. The van der Waals surface area contributed by atoms with E-state index in [1.807, 2.05) is 0 Å². The Morgan fingerprint density at radius 1 is 1.40 bits per heavy atom. The van der Waals surface area contributed by atoms with Crippen molar-refractivity contribution in [1.29, 1.82) is 0 Å². The summed E-state index contributed by atoms with van der Waals surface area (Å²) in [5, 5.41) is 11.5. The summed E-state index contributed by atoms with van der Waals surface area (Å²) in [6.45, 7) is 1.81. The van der Waals surface area contributed by atoms with E-state index in [2.05, 4.69) is 9.98 Å². The van der Waals surface area contributed by atoms with E-state index in [-0.39, 0.29) is 11.8 Å². The second kappa shape index (κ2) is 5.24. The number of hydrogen-bond donors (Lipinski definition) is 1. The van der Waals surface area contributed by atoms with Crippen LogP contribution in [0.3, 0.4) is 0 Å². The summed E-state index contributed by atoms with van der Waals surface area (Å²) >= 11 is 0. The average molecular weight is 285 g/mol. The van der Waals surface area contributed by atoms with Crippen LogP contribution in [0.25, 0.3) is 5.70 Å². The van der Waals surface area contributed by atoms with E-state index in [4.69, 9.17) is 0 Å². The summed E-state index contributed by atoms with van der Waals surface area (Å²) in [4.78, 5) is 8.10. The summed E-state index contributed by atoms with van der Waals surface area (Å²) < 4.78 is 38.4. The van der Waals surface area contributed by atoms with Crippen LogP contribution in [0, 0.1) is 0 Å². The molecule has 0 aromatic heterocycles. The average Bonchev–Trinajstić information content (AvgIpc) is 2.52. The molecule has 1 aromatic carbocycles. The molecule has 0 unspecified atom stereocenters. The van der Waals surface area contributed by atoms with E-state index in [1.165, 1.54) is 13.1 Å². The third-order valence-corrected chi connectivity index (χ3v) is 3.08. The molecule has 0 atom stereocenters. The quantitative estimate of drug-likeness (QED) is 0.851. The first-order chi connectivity index (χ1) is 9.36. The van der Waals surface area contributed by atoms with Gasteiger partial charge < -0.3 is 0 Å². The van der Waals surface area contributed by atoms with Crippen molar-refractivity contribution in [3.63, 3.8) is 0 Å². The molecule has 4 nitrogen and oxygen atoms in total.